The molecule has 0 radical (unpaired) electrons. The van der Waals surface area contributed by atoms with Crippen molar-refractivity contribution in [2.45, 2.75) is 51.2 Å². The van der Waals surface area contributed by atoms with Crippen LogP contribution in [0.5, 0.6) is 5.75 Å². The predicted octanol–water partition coefficient (Wildman–Crippen LogP) is 6.07. The molecule has 182 valence electrons. The monoisotopic (exact) mass is 512 g/mol. The summed E-state index contributed by atoms with van der Waals surface area (Å²) in [5.74, 6) is 3.26. The Kier molecular flexibility index (Phi) is 5.90. The number of ether oxygens (including phenoxy) is 1. The van der Waals surface area contributed by atoms with Gasteiger partial charge in [0.15, 0.2) is 17.5 Å². The lowest BCUT2D eigenvalue weighted by atomic mass is 9.64. The number of rotatable bonds is 5. The summed E-state index contributed by atoms with van der Waals surface area (Å²) < 4.78 is 13.4. The van der Waals surface area contributed by atoms with Crippen LogP contribution in [0.25, 0.3) is 22.7 Å². The summed E-state index contributed by atoms with van der Waals surface area (Å²) in [6, 6.07) is 11.3. The zero-order valence-electron chi connectivity index (χ0n) is 20.0. The van der Waals surface area contributed by atoms with Crippen LogP contribution in [0.4, 0.5) is 0 Å². The average molecular weight is 513 g/mol. The molecule has 3 heterocycles. The Bertz CT molecular complexity index is 1410. The summed E-state index contributed by atoms with van der Waals surface area (Å²) in [6.45, 7) is 6.13. The number of fused-ring (bicyclic) bond motifs is 1. The predicted molar refractivity (Wildman–Crippen MR) is 135 cm³/mol. The van der Waals surface area contributed by atoms with Gasteiger partial charge in [-0.3, -0.25) is 0 Å². The number of benzene rings is 2. The van der Waals surface area contributed by atoms with Crippen LogP contribution >= 0.6 is 23.2 Å². The van der Waals surface area contributed by atoms with Gasteiger partial charge in [-0.25, -0.2) is 4.98 Å². The lowest BCUT2D eigenvalue weighted by Gasteiger charge is -2.45. The van der Waals surface area contributed by atoms with E-state index in [2.05, 4.69) is 19.7 Å². The van der Waals surface area contributed by atoms with E-state index >= 15 is 0 Å². The smallest absolute Gasteiger partial charge is 0.191 e. The first kappa shape index (κ1) is 23.9. The molecule has 5 rings (SSSR count). The highest BCUT2D eigenvalue weighted by atomic mass is 35.5. The number of oxazole rings is 1. The first-order valence-corrected chi connectivity index (χ1v) is 12.1. The van der Waals surface area contributed by atoms with Crippen LogP contribution in [0.2, 0.25) is 10.0 Å². The molecule has 2 aromatic carbocycles. The van der Waals surface area contributed by atoms with E-state index in [1.54, 1.807) is 40.1 Å². The van der Waals surface area contributed by atoms with E-state index in [0.29, 0.717) is 45.5 Å². The highest BCUT2D eigenvalue weighted by Crippen LogP contribution is 2.49. The lowest BCUT2D eigenvalue weighted by molar-refractivity contribution is -0.00453. The molecule has 4 aromatic rings. The van der Waals surface area contributed by atoms with Crippen molar-refractivity contribution in [2.75, 3.05) is 7.11 Å². The molecule has 0 saturated carbocycles. The van der Waals surface area contributed by atoms with Crippen molar-refractivity contribution in [2.24, 2.45) is 0 Å². The van der Waals surface area contributed by atoms with Gasteiger partial charge in [-0.2, -0.15) is 0 Å². The molecule has 0 saturated heterocycles. The van der Waals surface area contributed by atoms with Gasteiger partial charge < -0.3 is 18.8 Å². The molecule has 0 bridgehead atoms. The van der Waals surface area contributed by atoms with Gasteiger partial charge in [-0.15, -0.1) is 10.2 Å². The normalized spacial score (nSPS) is 17.9. The van der Waals surface area contributed by atoms with Crippen molar-refractivity contribution >= 4 is 23.2 Å². The maximum atomic E-state index is 11.5. The van der Waals surface area contributed by atoms with E-state index < -0.39 is 11.0 Å². The van der Waals surface area contributed by atoms with Crippen molar-refractivity contribution in [3.05, 3.63) is 69.9 Å². The third kappa shape index (κ3) is 3.82. The van der Waals surface area contributed by atoms with Crippen LogP contribution in [-0.2, 0) is 12.0 Å². The maximum Gasteiger partial charge on any atom is 0.191 e. The summed E-state index contributed by atoms with van der Waals surface area (Å²) in [4.78, 5) is 4.19. The summed E-state index contributed by atoms with van der Waals surface area (Å²) in [5.41, 5.74) is 0.552. The number of aryl methyl sites for hydroxylation is 1. The molecule has 0 fully saturated rings. The number of aliphatic hydroxyl groups is 1. The van der Waals surface area contributed by atoms with E-state index in [4.69, 9.17) is 32.4 Å². The molecule has 0 spiro atoms. The second-order valence-corrected chi connectivity index (χ2v) is 10.2. The Morgan fingerprint density at radius 1 is 1.11 bits per heavy atom. The van der Waals surface area contributed by atoms with E-state index in [9.17, 15) is 5.11 Å². The number of hydrogen-bond donors (Lipinski definition) is 1. The van der Waals surface area contributed by atoms with Crippen LogP contribution in [0.3, 0.4) is 0 Å². The third-order valence-corrected chi connectivity index (χ3v) is 7.61. The maximum absolute atomic E-state index is 11.5. The largest absolute Gasteiger partial charge is 0.496 e. The average Bonchev–Trinajstić information content (AvgIpc) is 3.46. The van der Waals surface area contributed by atoms with Crippen molar-refractivity contribution in [3.63, 3.8) is 0 Å². The number of nitrogens with zero attached hydrogens (tertiary/aromatic N) is 4. The minimum atomic E-state index is -1.14. The molecule has 2 aromatic heterocycles. The fourth-order valence-corrected chi connectivity index (χ4v) is 5.44. The van der Waals surface area contributed by atoms with Gasteiger partial charge in [0.2, 0.25) is 0 Å². The molecule has 1 aliphatic heterocycles. The Hall–Kier alpha value is -2.87. The molecule has 1 aliphatic rings. The standard InChI is InChI=1S/C26H26Cl2N4O3/c1-15-29-14-22(35-15)18-8-6-16(12-21(18)34-4)23-30-31-24-26(25(2,3)33,10-5-11-32(23)24)17-7-9-19(27)20(28)13-17/h6-9,12-14,33H,5,10-11H2,1-4H3. The van der Waals surface area contributed by atoms with E-state index in [-0.39, 0.29) is 0 Å². The molecule has 7 nitrogen and oxygen atoms in total. The molecule has 0 amide bonds. The summed E-state index contributed by atoms with van der Waals surface area (Å²) in [6.07, 6.45) is 3.20. The minimum absolute atomic E-state index is 0.438. The molecule has 0 aliphatic carbocycles. The van der Waals surface area contributed by atoms with Crippen LogP contribution < -0.4 is 4.74 Å². The van der Waals surface area contributed by atoms with Crippen molar-refractivity contribution < 1.29 is 14.3 Å². The molecular weight excluding hydrogens is 487 g/mol. The molecular formula is C26H26Cl2N4O3. The zero-order valence-corrected chi connectivity index (χ0v) is 21.5. The highest BCUT2D eigenvalue weighted by Gasteiger charge is 2.52. The van der Waals surface area contributed by atoms with Gasteiger partial charge in [0, 0.05) is 19.0 Å². The van der Waals surface area contributed by atoms with E-state index in [0.717, 1.165) is 29.7 Å². The van der Waals surface area contributed by atoms with Crippen molar-refractivity contribution in [3.8, 4) is 28.5 Å². The molecule has 9 heteroatoms. The minimum Gasteiger partial charge on any atom is -0.496 e. The van der Waals surface area contributed by atoms with Crippen LogP contribution in [0.15, 0.2) is 47.0 Å². The van der Waals surface area contributed by atoms with Crippen molar-refractivity contribution in [1.82, 2.24) is 19.7 Å². The lowest BCUT2D eigenvalue weighted by Crippen LogP contribution is -2.52. The van der Waals surface area contributed by atoms with Gasteiger partial charge >= 0.3 is 0 Å². The fourth-order valence-electron chi connectivity index (χ4n) is 5.15. The Morgan fingerprint density at radius 2 is 1.91 bits per heavy atom. The van der Waals surface area contributed by atoms with Gasteiger partial charge in [0.1, 0.15) is 11.6 Å². The van der Waals surface area contributed by atoms with E-state index in [1.807, 2.05) is 30.3 Å². The third-order valence-electron chi connectivity index (χ3n) is 6.87. The molecule has 1 N–H and O–H groups in total. The summed E-state index contributed by atoms with van der Waals surface area (Å²) >= 11 is 12.6. The number of aromatic nitrogens is 4. The SMILES string of the molecule is COc1cc(-c2nnc3n2CCCC3(c2ccc(Cl)c(Cl)c2)C(C)(C)O)ccc1-c1cnc(C)o1. The summed E-state index contributed by atoms with van der Waals surface area (Å²) in [7, 11) is 1.62. The topological polar surface area (TPSA) is 86.2 Å². The van der Waals surface area contributed by atoms with Gasteiger partial charge in [-0.1, -0.05) is 35.3 Å². The van der Waals surface area contributed by atoms with Crippen LogP contribution in [0, 0.1) is 6.92 Å². The first-order valence-electron chi connectivity index (χ1n) is 11.4. The first-order chi connectivity index (χ1) is 16.7. The Labute approximate surface area is 213 Å². The molecule has 1 unspecified atom stereocenters. The number of methoxy groups -OCH3 is 1. The van der Waals surface area contributed by atoms with Gasteiger partial charge in [0.05, 0.1) is 39.9 Å². The fraction of sp³-hybridized carbons (Fsp3) is 0.346. The van der Waals surface area contributed by atoms with Crippen LogP contribution in [0.1, 0.15) is 44.0 Å². The Balaban J connectivity index is 1.65. The second-order valence-electron chi connectivity index (χ2n) is 9.35. The highest BCUT2D eigenvalue weighted by molar-refractivity contribution is 6.42. The van der Waals surface area contributed by atoms with Gasteiger partial charge in [0.25, 0.3) is 0 Å². The van der Waals surface area contributed by atoms with E-state index in [1.165, 1.54) is 0 Å². The van der Waals surface area contributed by atoms with Gasteiger partial charge in [-0.05, 0) is 56.5 Å². The molecule has 35 heavy (non-hydrogen) atoms. The zero-order chi connectivity index (χ0) is 25.0. The second kappa shape index (κ2) is 8.66. The summed E-state index contributed by atoms with van der Waals surface area (Å²) in [5, 5.41) is 21.6. The van der Waals surface area contributed by atoms with Crippen LogP contribution in [-0.4, -0.2) is 37.6 Å². The molecule has 1 atom stereocenters. The quantitative estimate of drug-likeness (QED) is 0.348. The number of halogens is 2. The van der Waals surface area contributed by atoms with Crippen molar-refractivity contribution in [1.29, 1.82) is 0 Å². The number of hydrogen-bond acceptors (Lipinski definition) is 6. The Morgan fingerprint density at radius 3 is 2.57 bits per heavy atom.